The van der Waals surface area contributed by atoms with Gasteiger partial charge in [-0.2, -0.15) is 0 Å². The number of hydrogen-bond donors (Lipinski definition) is 0. The Bertz CT molecular complexity index is 360. The lowest BCUT2D eigenvalue weighted by molar-refractivity contribution is -0.141. The molecule has 2 saturated heterocycles. The summed E-state index contributed by atoms with van der Waals surface area (Å²) in [6.45, 7) is 10.9. The summed E-state index contributed by atoms with van der Waals surface area (Å²) >= 11 is 0. The smallest absolute Gasteiger partial charge is 0.222 e. The van der Waals surface area contributed by atoms with E-state index in [1.807, 2.05) is 0 Å². The van der Waals surface area contributed by atoms with Gasteiger partial charge in [-0.25, -0.2) is 0 Å². The van der Waals surface area contributed by atoms with Crippen LogP contribution in [-0.4, -0.2) is 47.9 Å². The molecule has 2 heterocycles. The lowest BCUT2D eigenvalue weighted by Gasteiger charge is -2.47. The summed E-state index contributed by atoms with van der Waals surface area (Å²) in [4.78, 5) is 16.9. The second kappa shape index (κ2) is 7.26. The van der Waals surface area contributed by atoms with E-state index in [9.17, 15) is 4.79 Å². The van der Waals surface area contributed by atoms with Crippen LogP contribution in [0.15, 0.2) is 11.6 Å². The van der Waals surface area contributed by atoms with Gasteiger partial charge in [0.15, 0.2) is 0 Å². The molecule has 0 aromatic rings. The highest BCUT2D eigenvalue weighted by Gasteiger charge is 2.38. The van der Waals surface area contributed by atoms with Gasteiger partial charge in [0.2, 0.25) is 5.91 Å². The predicted molar refractivity (Wildman–Crippen MR) is 83.6 cm³/mol. The van der Waals surface area contributed by atoms with Gasteiger partial charge < -0.3 is 4.90 Å². The van der Waals surface area contributed by atoms with Gasteiger partial charge in [-0.1, -0.05) is 25.0 Å². The molecule has 0 aromatic heterocycles. The van der Waals surface area contributed by atoms with Crippen LogP contribution >= 0.6 is 0 Å². The van der Waals surface area contributed by atoms with Crippen molar-refractivity contribution in [2.45, 2.75) is 58.9 Å². The van der Waals surface area contributed by atoms with Crippen molar-refractivity contribution < 1.29 is 4.79 Å². The Kier molecular flexibility index (Phi) is 5.64. The van der Waals surface area contributed by atoms with Gasteiger partial charge in [-0.3, -0.25) is 9.69 Å². The Morgan fingerprint density at radius 2 is 2.15 bits per heavy atom. The highest BCUT2D eigenvalue weighted by molar-refractivity contribution is 5.77. The van der Waals surface area contributed by atoms with Gasteiger partial charge in [-0.05, 0) is 39.0 Å². The molecule has 0 aromatic carbocycles. The molecule has 2 fully saturated rings. The molecule has 0 spiro atoms. The molecule has 2 aliphatic heterocycles. The Morgan fingerprint density at radius 1 is 1.35 bits per heavy atom. The first-order valence-electron chi connectivity index (χ1n) is 8.27. The number of fused-ring (bicyclic) bond motifs is 1. The van der Waals surface area contributed by atoms with Crippen LogP contribution in [0.2, 0.25) is 0 Å². The maximum absolute atomic E-state index is 12.2. The molecule has 3 nitrogen and oxygen atoms in total. The maximum Gasteiger partial charge on any atom is 0.222 e. The van der Waals surface area contributed by atoms with E-state index in [2.05, 4.69) is 36.6 Å². The Labute approximate surface area is 124 Å². The molecule has 0 saturated carbocycles. The van der Waals surface area contributed by atoms with Crippen molar-refractivity contribution in [2.24, 2.45) is 5.92 Å². The minimum Gasteiger partial charge on any atom is -0.339 e. The number of allylic oxidation sites excluding steroid dienone is 1. The zero-order chi connectivity index (χ0) is 14.5. The van der Waals surface area contributed by atoms with Crippen molar-refractivity contribution in [3.63, 3.8) is 0 Å². The fourth-order valence-electron chi connectivity index (χ4n) is 3.52. The van der Waals surface area contributed by atoms with E-state index in [1.54, 1.807) is 0 Å². The Morgan fingerprint density at radius 3 is 2.85 bits per heavy atom. The zero-order valence-corrected chi connectivity index (χ0v) is 13.4. The van der Waals surface area contributed by atoms with Crippen LogP contribution in [0.25, 0.3) is 0 Å². The van der Waals surface area contributed by atoms with E-state index in [1.165, 1.54) is 18.5 Å². The fourth-order valence-corrected chi connectivity index (χ4v) is 3.52. The molecular weight excluding hydrogens is 248 g/mol. The fraction of sp³-hybridized carbons (Fsp3) is 0.824. The van der Waals surface area contributed by atoms with Crippen molar-refractivity contribution in [1.29, 1.82) is 0 Å². The molecule has 20 heavy (non-hydrogen) atoms. The monoisotopic (exact) mass is 278 g/mol. The third-order valence-corrected chi connectivity index (χ3v) is 4.74. The maximum atomic E-state index is 12.2. The van der Waals surface area contributed by atoms with Gasteiger partial charge >= 0.3 is 0 Å². The number of rotatable bonds is 5. The van der Waals surface area contributed by atoms with E-state index < -0.39 is 0 Å². The molecule has 0 bridgehead atoms. The first-order chi connectivity index (χ1) is 9.61. The number of likely N-dealkylation sites (tertiary alicyclic amines) is 2. The summed E-state index contributed by atoms with van der Waals surface area (Å²) in [5, 5.41) is 0. The van der Waals surface area contributed by atoms with Crippen molar-refractivity contribution in [1.82, 2.24) is 9.80 Å². The third kappa shape index (κ3) is 3.85. The van der Waals surface area contributed by atoms with Gasteiger partial charge in [0, 0.05) is 38.6 Å². The quantitative estimate of drug-likeness (QED) is 0.722. The summed E-state index contributed by atoms with van der Waals surface area (Å²) in [6.07, 6.45) is 7.67. The van der Waals surface area contributed by atoms with E-state index >= 15 is 0 Å². The largest absolute Gasteiger partial charge is 0.339 e. The first-order valence-corrected chi connectivity index (χ1v) is 8.27. The molecule has 1 amide bonds. The summed E-state index contributed by atoms with van der Waals surface area (Å²) in [6, 6.07) is 0.519. The van der Waals surface area contributed by atoms with Gasteiger partial charge in [0.05, 0.1) is 0 Å². The van der Waals surface area contributed by atoms with Crippen LogP contribution in [0.3, 0.4) is 0 Å². The highest BCUT2D eigenvalue weighted by atomic mass is 16.2. The van der Waals surface area contributed by atoms with Crippen molar-refractivity contribution in [3.05, 3.63) is 11.6 Å². The lowest BCUT2D eigenvalue weighted by atomic mass is 9.83. The number of hydrogen-bond acceptors (Lipinski definition) is 2. The third-order valence-electron chi connectivity index (χ3n) is 4.74. The van der Waals surface area contributed by atoms with E-state index in [0.29, 0.717) is 17.9 Å². The van der Waals surface area contributed by atoms with E-state index in [0.717, 1.165) is 45.3 Å². The minimum atomic E-state index is 0.400. The second-order valence-corrected chi connectivity index (χ2v) is 6.64. The average molecular weight is 278 g/mol. The summed E-state index contributed by atoms with van der Waals surface area (Å²) in [5.74, 6) is 1.10. The molecule has 2 atom stereocenters. The molecule has 3 heteroatoms. The molecule has 2 rings (SSSR count). The summed E-state index contributed by atoms with van der Waals surface area (Å²) < 4.78 is 0. The lowest BCUT2D eigenvalue weighted by Crippen LogP contribution is -2.56. The molecule has 0 N–H and O–H groups in total. The SMILES string of the molecule is CCCCN1C(=O)CC[C@H]2CN(CC=C(C)C)CC[C@H]21. The molecule has 2 aliphatic rings. The van der Waals surface area contributed by atoms with Gasteiger partial charge in [0.1, 0.15) is 0 Å². The highest BCUT2D eigenvalue weighted by Crippen LogP contribution is 2.31. The van der Waals surface area contributed by atoms with Crippen LogP contribution in [0.5, 0.6) is 0 Å². The van der Waals surface area contributed by atoms with E-state index in [-0.39, 0.29) is 0 Å². The van der Waals surface area contributed by atoms with E-state index in [4.69, 9.17) is 0 Å². The number of carbonyl (C=O) groups is 1. The Balaban J connectivity index is 1.93. The van der Waals surface area contributed by atoms with Crippen LogP contribution in [0.1, 0.15) is 52.9 Å². The Hall–Kier alpha value is -0.830. The first kappa shape index (κ1) is 15.6. The van der Waals surface area contributed by atoms with Crippen LogP contribution in [0.4, 0.5) is 0 Å². The molecule has 0 radical (unpaired) electrons. The average Bonchev–Trinajstić information content (AvgIpc) is 2.44. The van der Waals surface area contributed by atoms with Crippen molar-refractivity contribution >= 4 is 5.91 Å². The number of piperidine rings is 2. The number of amides is 1. The van der Waals surface area contributed by atoms with Gasteiger partial charge in [-0.15, -0.1) is 0 Å². The topological polar surface area (TPSA) is 23.6 Å². The number of carbonyl (C=O) groups excluding carboxylic acids is 1. The van der Waals surface area contributed by atoms with Crippen LogP contribution in [0, 0.1) is 5.92 Å². The van der Waals surface area contributed by atoms with Gasteiger partial charge in [0.25, 0.3) is 0 Å². The van der Waals surface area contributed by atoms with Crippen LogP contribution < -0.4 is 0 Å². The minimum absolute atomic E-state index is 0.400. The normalized spacial score (nSPS) is 27.4. The molecule has 0 aliphatic carbocycles. The standard InChI is InChI=1S/C17H30N2O/c1-4-5-10-19-16-9-12-18(11-8-14(2)3)13-15(16)6-7-17(19)20/h8,15-16H,4-7,9-13H2,1-3H3/t15-,16+/m0/s1. The van der Waals surface area contributed by atoms with Crippen molar-refractivity contribution in [2.75, 3.05) is 26.2 Å². The molecule has 114 valence electrons. The van der Waals surface area contributed by atoms with Crippen LogP contribution in [-0.2, 0) is 4.79 Å². The molecular formula is C17H30N2O. The predicted octanol–water partition coefficient (Wildman–Crippen LogP) is 3.07. The molecule has 0 unspecified atom stereocenters. The summed E-state index contributed by atoms with van der Waals surface area (Å²) in [5.41, 5.74) is 1.40. The number of unbranched alkanes of at least 4 members (excludes halogenated alkanes) is 1. The number of nitrogens with zero attached hydrogens (tertiary/aromatic N) is 2. The zero-order valence-electron chi connectivity index (χ0n) is 13.4. The van der Waals surface area contributed by atoms with Crippen molar-refractivity contribution in [3.8, 4) is 0 Å². The summed E-state index contributed by atoms with van der Waals surface area (Å²) in [7, 11) is 0. The second-order valence-electron chi connectivity index (χ2n) is 6.64.